The van der Waals surface area contributed by atoms with Gasteiger partial charge in [0.1, 0.15) is 5.66 Å². The summed E-state index contributed by atoms with van der Waals surface area (Å²) >= 11 is 0. The molecular weight excluding hydrogens is 552 g/mol. The van der Waals surface area contributed by atoms with Crippen LogP contribution in [0, 0.1) is 5.41 Å². The van der Waals surface area contributed by atoms with Crippen molar-refractivity contribution in [3.8, 4) is 0 Å². The zero-order chi connectivity index (χ0) is 24.0. The minimum Gasteiger partial charge on any atom is -0.481 e. The first kappa shape index (κ1) is 42.0. The van der Waals surface area contributed by atoms with Crippen molar-refractivity contribution in [3.05, 3.63) is 0 Å². The molecule has 0 fully saturated rings. The highest BCUT2D eigenvalue weighted by Crippen LogP contribution is 2.72. The zero-order valence-electron chi connectivity index (χ0n) is 16.1. The Hall–Kier alpha value is -1.15. The number of carbonyl (C=O) groups is 3. The Morgan fingerprint density at radius 2 is 0.818 bits per heavy atom. The molecule has 0 aliphatic carbocycles. The van der Waals surface area contributed by atoms with E-state index in [1.807, 2.05) is 0 Å². The summed E-state index contributed by atoms with van der Waals surface area (Å²) in [5.41, 5.74) is -13.5. The van der Waals surface area contributed by atoms with Gasteiger partial charge < -0.3 is 79.1 Å². The first-order chi connectivity index (χ1) is 12.4. The van der Waals surface area contributed by atoms with Crippen molar-refractivity contribution >= 4 is 48.3 Å². The fraction of sp³-hybridized carbons (Fsp3) is 0.571. The molecule has 0 aliphatic heterocycles. The van der Waals surface area contributed by atoms with Crippen molar-refractivity contribution < 1.29 is 87.1 Å². The summed E-state index contributed by atoms with van der Waals surface area (Å²) in [6, 6.07) is 0. The van der Waals surface area contributed by atoms with Crippen LogP contribution >= 0.6 is 30.4 Å². The van der Waals surface area contributed by atoms with E-state index in [-0.39, 0.29) is 24.6 Å². The van der Waals surface area contributed by atoms with E-state index in [0.29, 0.717) is 0 Å². The van der Waals surface area contributed by atoms with E-state index in [1.54, 1.807) is 0 Å². The molecule has 0 rings (SSSR count). The van der Waals surface area contributed by atoms with E-state index in [4.69, 9.17) is 34.5 Å². The molecule has 0 saturated carbocycles. The number of aliphatic carboxylic acids is 3. The molecule has 22 nitrogen and oxygen atoms in total. The predicted molar refractivity (Wildman–Crippen MR) is 105 cm³/mol. The van der Waals surface area contributed by atoms with E-state index in [0.717, 1.165) is 0 Å². The molecule has 2 atom stereocenters. The Balaban J connectivity index is -0.000000653. The third kappa shape index (κ3) is 8.53. The van der Waals surface area contributed by atoms with Gasteiger partial charge in [0, 0.05) is 0 Å². The van der Waals surface area contributed by atoms with Crippen LogP contribution in [0.2, 0.25) is 0 Å². The molecule has 0 spiro atoms. The third-order valence-corrected chi connectivity index (χ3v) is 10.5. The molecule has 0 aliphatic rings. The highest BCUT2D eigenvalue weighted by molar-refractivity contribution is 7.72. The first-order valence-corrected chi connectivity index (χ1v) is 13.1. The molecule has 2 unspecified atom stereocenters. The Bertz CT molecular complexity index is 861. The van der Waals surface area contributed by atoms with Gasteiger partial charge in [0.25, 0.3) is 0 Å². The molecule has 26 heteroatoms. The number of carboxylic acid groups (broad SMARTS) is 3. The Labute approximate surface area is 183 Å². The lowest BCUT2D eigenvalue weighted by Gasteiger charge is -2.40. The third-order valence-electron chi connectivity index (χ3n) is 3.51. The van der Waals surface area contributed by atoms with Crippen molar-refractivity contribution in [1.29, 1.82) is 0 Å². The van der Waals surface area contributed by atoms with Crippen LogP contribution in [0.5, 0.6) is 0 Å². The Kier molecular flexibility index (Phi) is 16.0. The fourth-order valence-corrected chi connectivity index (χ4v) is 10.0. The van der Waals surface area contributed by atoms with Crippen LogP contribution in [-0.4, -0.2) is 89.1 Å². The van der Waals surface area contributed by atoms with Crippen LogP contribution in [0.15, 0.2) is 0 Å². The second-order valence-electron chi connectivity index (χ2n) is 5.43. The maximum Gasteiger partial charge on any atom is 0.341 e. The summed E-state index contributed by atoms with van der Waals surface area (Å²) < 4.78 is 46.4. The fourth-order valence-electron chi connectivity index (χ4n) is 2.58. The van der Waals surface area contributed by atoms with Crippen LogP contribution in [-0.2, 0) is 32.6 Å². The molecule has 0 heterocycles. The highest BCUT2D eigenvalue weighted by Gasteiger charge is 2.76. The van der Waals surface area contributed by atoms with Crippen molar-refractivity contribution in [3.63, 3.8) is 0 Å². The molecule has 23 N–H and O–H groups in total. The first-order valence-electron chi connectivity index (χ1n) is 6.35. The largest absolute Gasteiger partial charge is 0.481 e. The van der Waals surface area contributed by atoms with Gasteiger partial charge in [0.15, 0.2) is 11.1 Å². The summed E-state index contributed by atoms with van der Waals surface area (Å²) in [5.74, 6) is -9.54. The van der Waals surface area contributed by atoms with Gasteiger partial charge in [0.05, 0.1) is 0 Å². The van der Waals surface area contributed by atoms with Crippen LogP contribution in [0.3, 0.4) is 0 Å². The SMILES string of the molecule is N.N.N.N.O=C(O)C(C(C(=O)O)(C(=O)O)C(C(P(=O)(O)O)P(=O)(O)O)P(=O)(O)O)P(=O)(O)O. The minimum atomic E-state index is -6.77. The molecule has 0 amide bonds. The van der Waals surface area contributed by atoms with Gasteiger partial charge in [-0.3, -0.25) is 32.6 Å². The van der Waals surface area contributed by atoms with Gasteiger partial charge in [-0.15, -0.1) is 0 Å². The molecular formula is C7H26N4O18P4. The smallest absolute Gasteiger partial charge is 0.341 e. The van der Waals surface area contributed by atoms with E-state index in [2.05, 4.69) is 0 Å². The second kappa shape index (κ2) is 12.5. The van der Waals surface area contributed by atoms with Gasteiger partial charge in [-0.05, 0) is 0 Å². The monoisotopic (exact) mass is 578 g/mol. The summed E-state index contributed by atoms with van der Waals surface area (Å²) in [4.78, 5) is 108. The molecule has 0 saturated heterocycles. The van der Waals surface area contributed by atoms with Gasteiger partial charge in [0.2, 0.25) is 5.41 Å². The molecule has 0 bridgehead atoms. The van der Waals surface area contributed by atoms with E-state index in [1.165, 1.54) is 0 Å². The van der Waals surface area contributed by atoms with E-state index < -0.39 is 70.4 Å². The maximum atomic E-state index is 11.8. The van der Waals surface area contributed by atoms with Crippen molar-refractivity contribution in [2.45, 2.75) is 16.7 Å². The maximum absolute atomic E-state index is 11.8. The van der Waals surface area contributed by atoms with Crippen LogP contribution in [0.25, 0.3) is 0 Å². The lowest BCUT2D eigenvalue weighted by Crippen LogP contribution is -2.61. The van der Waals surface area contributed by atoms with E-state index in [9.17, 15) is 52.6 Å². The summed E-state index contributed by atoms with van der Waals surface area (Å²) in [7, 11) is -26.5. The number of hydrogen-bond donors (Lipinski definition) is 15. The van der Waals surface area contributed by atoms with Crippen LogP contribution < -0.4 is 24.6 Å². The standard InChI is InChI=1S/C7H14O18P4.4H3N/c8-3(9)1(26(14,15)16)7(5(10)11,6(12)13)2(27(17,18)19)4(28(20,21)22)29(23,24)25;;;;/h1-2,4H,(H,8,9)(H,10,11)(H,12,13)(H2,14,15,16)(H2,17,18,19)(H2,20,21,22)(H2,23,24,25);4*1H3. The quantitative estimate of drug-likeness (QED) is 0.0952. The van der Waals surface area contributed by atoms with Gasteiger partial charge in [-0.25, -0.2) is 0 Å². The topological polar surface area (TPSA) is 482 Å². The second-order valence-corrected chi connectivity index (χ2v) is 12.7. The average molecular weight is 578 g/mol. The Morgan fingerprint density at radius 3 is 0.939 bits per heavy atom. The minimum absolute atomic E-state index is 0. The predicted octanol–water partition coefficient (Wildman–Crippen LogP) is -2.35. The van der Waals surface area contributed by atoms with Gasteiger partial charge in [-0.1, -0.05) is 0 Å². The molecule has 0 radical (unpaired) electrons. The normalized spacial score (nSPS) is 14.3. The number of rotatable bonds is 10. The number of carboxylic acids is 3. The molecule has 0 aromatic rings. The van der Waals surface area contributed by atoms with Crippen LogP contribution in [0.4, 0.5) is 0 Å². The lowest BCUT2D eigenvalue weighted by atomic mass is 9.80. The molecule has 0 aromatic heterocycles. The lowest BCUT2D eigenvalue weighted by molar-refractivity contribution is -0.170. The molecule has 202 valence electrons. The average Bonchev–Trinajstić information content (AvgIpc) is 2.34. The highest BCUT2D eigenvalue weighted by atomic mass is 31.2. The van der Waals surface area contributed by atoms with Gasteiger partial charge in [-0.2, -0.15) is 0 Å². The van der Waals surface area contributed by atoms with Crippen molar-refractivity contribution in [2.24, 2.45) is 5.41 Å². The van der Waals surface area contributed by atoms with Crippen molar-refractivity contribution in [1.82, 2.24) is 24.6 Å². The summed E-state index contributed by atoms with van der Waals surface area (Å²) in [5, 5.41) is 23.3. The Morgan fingerprint density at radius 1 is 0.545 bits per heavy atom. The van der Waals surface area contributed by atoms with Gasteiger partial charge >= 0.3 is 48.3 Å². The summed E-state index contributed by atoms with van der Waals surface area (Å²) in [6.45, 7) is 0. The molecule has 0 aromatic carbocycles. The summed E-state index contributed by atoms with van der Waals surface area (Å²) in [6.07, 6.45) is 0. The van der Waals surface area contributed by atoms with E-state index >= 15 is 0 Å². The number of hydrogen-bond acceptors (Lipinski definition) is 11. The molecule has 33 heavy (non-hydrogen) atoms. The van der Waals surface area contributed by atoms with Crippen molar-refractivity contribution in [2.75, 3.05) is 0 Å². The van der Waals surface area contributed by atoms with Crippen LogP contribution in [0.1, 0.15) is 0 Å². The zero-order valence-corrected chi connectivity index (χ0v) is 19.7.